The Morgan fingerprint density at radius 2 is 1.85 bits per heavy atom. The summed E-state index contributed by atoms with van der Waals surface area (Å²) in [5.74, 6) is 0.756. The predicted molar refractivity (Wildman–Crippen MR) is 87.5 cm³/mol. The van der Waals surface area contributed by atoms with Gasteiger partial charge >= 0.3 is 0 Å². The van der Waals surface area contributed by atoms with Crippen LogP contribution in [0.1, 0.15) is 52.6 Å². The van der Waals surface area contributed by atoms with E-state index in [4.69, 9.17) is 0 Å². The Labute approximate surface area is 126 Å². The van der Waals surface area contributed by atoms with Crippen LogP contribution in [0.2, 0.25) is 0 Å². The standard InChI is InChI=1S/C18H23NS/c1-12-6-4-5-7-17(12)15-10-16(11-15)19-14(3)18-9-8-13(2)20-18/h4-9,14-16,19H,10-11H2,1-3H3. The SMILES string of the molecule is Cc1ccc(C(C)NC2CC(c3ccccc3C)C2)s1. The minimum Gasteiger partial charge on any atom is -0.307 e. The number of nitrogens with one attached hydrogen (secondary N) is 1. The molecule has 0 saturated heterocycles. The molecule has 1 aromatic heterocycles. The molecule has 2 aromatic rings. The molecule has 1 atom stereocenters. The summed E-state index contributed by atoms with van der Waals surface area (Å²) in [5, 5.41) is 3.78. The third-order valence-corrected chi connectivity index (χ3v) is 5.62. The van der Waals surface area contributed by atoms with Gasteiger partial charge in [0.1, 0.15) is 0 Å². The van der Waals surface area contributed by atoms with E-state index in [1.54, 1.807) is 5.56 Å². The molecule has 2 heteroatoms. The Kier molecular flexibility index (Phi) is 3.95. The monoisotopic (exact) mass is 285 g/mol. The van der Waals surface area contributed by atoms with Crippen molar-refractivity contribution in [2.45, 2.75) is 51.6 Å². The number of rotatable bonds is 4. The topological polar surface area (TPSA) is 12.0 Å². The molecule has 0 spiro atoms. The Bertz CT molecular complexity index is 581. The maximum atomic E-state index is 3.78. The molecule has 1 aromatic carbocycles. The smallest absolute Gasteiger partial charge is 0.0388 e. The molecule has 1 unspecified atom stereocenters. The molecule has 1 heterocycles. The first-order valence-electron chi connectivity index (χ1n) is 7.51. The van der Waals surface area contributed by atoms with Gasteiger partial charge in [0.15, 0.2) is 0 Å². The van der Waals surface area contributed by atoms with Gasteiger partial charge in [-0.25, -0.2) is 0 Å². The van der Waals surface area contributed by atoms with Crippen LogP contribution in [0.4, 0.5) is 0 Å². The van der Waals surface area contributed by atoms with Gasteiger partial charge in [-0.15, -0.1) is 11.3 Å². The minimum atomic E-state index is 0.483. The molecule has 3 rings (SSSR count). The van der Waals surface area contributed by atoms with Gasteiger partial charge in [0.25, 0.3) is 0 Å². The van der Waals surface area contributed by atoms with E-state index >= 15 is 0 Å². The van der Waals surface area contributed by atoms with E-state index in [2.05, 4.69) is 62.5 Å². The molecule has 0 bridgehead atoms. The van der Waals surface area contributed by atoms with Crippen molar-refractivity contribution in [1.29, 1.82) is 0 Å². The second-order valence-corrected chi connectivity index (χ2v) is 7.38. The summed E-state index contributed by atoms with van der Waals surface area (Å²) in [6.45, 7) is 6.69. The van der Waals surface area contributed by atoms with Crippen molar-refractivity contribution in [3.63, 3.8) is 0 Å². The van der Waals surface area contributed by atoms with Gasteiger partial charge in [0.05, 0.1) is 0 Å². The van der Waals surface area contributed by atoms with Gasteiger partial charge in [-0.1, -0.05) is 24.3 Å². The fourth-order valence-corrected chi connectivity index (χ4v) is 4.06. The highest BCUT2D eigenvalue weighted by atomic mass is 32.1. The van der Waals surface area contributed by atoms with Gasteiger partial charge in [0, 0.05) is 21.8 Å². The molecule has 1 fully saturated rings. The highest BCUT2D eigenvalue weighted by Crippen LogP contribution is 2.39. The average molecular weight is 285 g/mol. The molecule has 1 saturated carbocycles. The second-order valence-electron chi connectivity index (χ2n) is 6.06. The normalized spacial score (nSPS) is 23.4. The molecule has 106 valence electrons. The van der Waals surface area contributed by atoms with Crippen LogP contribution in [0.5, 0.6) is 0 Å². The molecular weight excluding hydrogens is 262 g/mol. The molecule has 0 amide bonds. The van der Waals surface area contributed by atoms with E-state index in [-0.39, 0.29) is 0 Å². The van der Waals surface area contributed by atoms with E-state index in [0.29, 0.717) is 12.1 Å². The molecule has 1 N–H and O–H groups in total. The molecular formula is C18H23NS. The van der Waals surface area contributed by atoms with E-state index < -0.39 is 0 Å². The maximum absolute atomic E-state index is 3.78. The lowest BCUT2D eigenvalue weighted by molar-refractivity contribution is 0.271. The Morgan fingerprint density at radius 3 is 2.50 bits per heavy atom. The summed E-state index contributed by atoms with van der Waals surface area (Å²) in [7, 11) is 0. The first-order valence-corrected chi connectivity index (χ1v) is 8.33. The van der Waals surface area contributed by atoms with Crippen LogP contribution in [0, 0.1) is 13.8 Å². The summed E-state index contributed by atoms with van der Waals surface area (Å²) in [6, 6.07) is 14.5. The minimum absolute atomic E-state index is 0.483. The summed E-state index contributed by atoms with van der Waals surface area (Å²) in [4.78, 5) is 2.86. The van der Waals surface area contributed by atoms with Crippen molar-refractivity contribution in [3.05, 3.63) is 57.3 Å². The van der Waals surface area contributed by atoms with Crippen molar-refractivity contribution in [3.8, 4) is 0 Å². The first kappa shape index (κ1) is 13.8. The molecule has 1 nitrogen and oxygen atoms in total. The van der Waals surface area contributed by atoms with Crippen molar-refractivity contribution in [1.82, 2.24) is 5.32 Å². The van der Waals surface area contributed by atoms with Crippen molar-refractivity contribution in [2.24, 2.45) is 0 Å². The molecule has 0 radical (unpaired) electrons. The highest BCUT2D eigenvalue weighted by molar-refractivity contribution is 7.12. The van der Waals surface area contributed by atoms with E-state index in [1.807, 2.05) is 11.3 Å². The van der Waals surface area contributed by atoms with E-state index in [0.717, 1.165) is 5.92 Å². The molecule has 1 aliphatic carbocycles. The van der Waals surface area contributed by atoms with Crippen LogP contribution in [0.15, 0.2) is 36.4 Å². The van der Waals surface area contributed by atoms with Gasteiger partial charge < -0.3 is 5.32 Å². The Hall–Kier alpha value is -1.12. The summed E-state index contributed by atoms with van der Waals surface area (Å²) in [6.07, 6.45) is 2.55. The van der Waals surface area contributed by atoms with Crippen LogP contribution >= 0.6 is 11.3 Å². The van der Waals surface area contributed by atoms with Crippen LogP contribution in [0.3, 0.4) is 0 Å². The lowest BCUT2D eigenvalue weighted by atomic mass is 9.74. The summed E-state index contributed by atoms with van der Waals surface area (Å²) in [5.41, 5.74) is 2.99. The zero-order valence-electron chi connectivity index (χ0n) is 12.5. The fourth-order valence-electron chi connectivity index (χ4n) is 3.17. The number of benzene rings is 1. The third kappa shape index (κ3) is 2.82. The van der Waals surface area contributed by atoms with Crippen molar-refractivity contribution >= 4 is 11.3 Å². The Balaban J connectivity index is 1.55. The third-order valence-electron chi connectivity index (χ3n) is 4.44. The van der Waals surface area contributed by atoms with E-state index in [9.17, 15) is 0 Å². The summed E-state index contributed by atoms with van der Waals surface area (Å²) < 4.78 is 0. The largest absolute Gasteiger partial charge is 0.307 e. The number of hydrogen-bond donors (Lipinski definition) is 1. The fraction of sp³-hybridized carbons (Fsp3) is 0.444. The lowest BCUT2D eigenvalue weighted by Gasteiger charge is -2.38. The van der Waals surface area contributed by atoms with Crippen molar-refractivity contribution < 1.29 is 0 Å². The molecule has 0 aliphatic heterocycles. The van der Waals surface area contributed by atoms with Gasteiger partial charge in [-0.2, -0.15) is 0 Å². The Morgan fingerprint density at radius 1 is 1.10 bits per heavy atom. The van der Waals surface area contributed by atoms with Crippen LogP contribution in [-0.4, -0.2) is 6.04 Å². The molecule has 20 heavy (non-hydrogen) atoms. The first-order chi connectivity index (χ1) is 9.63. The van der Waals surface area contributed by atoms with Crippen LogP contribution in [0.25, 0.3) is 0 Å². The highest BCUT2D eigenvalue weighted by Gasteiger charge is 2.31. The van der Waals surface area contributed by atoms with Gasteiger partial charge in [-0.3, -0.25) is 0 Å². The van der Waals surface area contributed by atoms with Gasteiger partial charge in [-0.05, 0) is 62.8 Å². The summed E-state index contributed by atoms with van der Waals surface area (Å²) >= 11 is 1.91. The predicted octanol–water partition coefficient (Wildman–Crippen LogP) is 4.96. The zero-order valence-corrected chi connectivity index (χ0v) is 13.3. The number of hydrogen-bond acceptors (Lipinski definition) is 2. The quantitative estimate of drug-likeness (QED) is 0.837. The number of aryl methyl sites for hydroxylation is 2. The lowest BCUT2D eigenvalue weighted by Crippen LogP contribution is -2.41. The van der Waals surface area contributed by atoms with Gasteiger partial charge in [0.2, 0.25) is 0 Å². The zero-order chi connectivity index (χ0) is 14.1. The van der Waals surface area contributed by atoms with Crippen LogP contribution < -0.4 is 5.32 Å². The van der Waals surface area contributed by atoms with Crippen LogP contribution in [-0.2, 0) is 0 Å². The average Bonchev–Trinajstić information content (AvgIpc) is 2.81. The molecule has 1 aliphatic rings. The maximum Gasteiger partial charge on any atom is 0.0388 e. The number of thiophene rings is 1. The van der Waals surface area contributed by atoms with Crippen molar-refractivity contribution in [2.75, 3.05) is 0 Å². The second kappa shape index (κ2) is 5.71. The van der Waals surface area contributed by atoms with E-state index in [1.165, 1.54) is 28.2 Å².